The van der Waals surface area contributed by atoms with Gasteiger partial charge in [0.05, 0.1) is 44.3 Å². The SMILES string of the molecule is COc1ccc(NC(=O)C[NH+]2CCN(c3ccc(F)cc3)CC2)c([N+](=O)[O-])c1. The summed E-state index contributed by atoms with van der Waals surface area (Å²) in [6.07, 6.45) is 0. The van der Waals surface area contributed by atoms with Crippen molar-refractivity contribution in [1.82, 2.24) is 0 Å². The minimum Gasteiger partial charge on any atom is -0.496 e. The molecular weight excluding hydrogens is 367 g/mol. The molecule has 2 aromatic carbocycles. The first-order chi connectivity index (χ1) is 13.5. The van der Waals surface area contributed by atoms with Crippen LogP contribution < -0.4 is 19.9 Å². The number of anilines is 2. The van der Waals surface area contributed by atoms with E-state index in [1.807, 2.05) is 0 Å². The van der Waals surface area contributed by atoms with Gasteiger partial charge in [-0.05, 0) is 36.4 Å². The number of nitrogens with zero attached hydrogens (tertiary/aromatic N) is 2. The molecule has 0 bridgehead atoms. The monoisotopic (exact) mass is 389 g/mol. The molecule has 9 heteroatoms. The third-order valence-electron chi connectivity index (χ3n) is 4.75. The molecular formula is C19H22FN4O4+. The van der Waals surface area contributed by atoms with Crippen LogP contribution in [0.15, 0.2) is 42.5 Å². The number of nitro groups is 1. The van der Waals surface area contributed by atoms with Gasteiger partial charge in [-0.1, -0.05) is 0 Å². The fraction of sp³-hybridized carbons (Fsp3) is 0.316. The van der Waals surface area contributed by atoms with Crippen LogP contribution in [0.1, 0.15) is 0 Å². The molecule has 0 aromatic heterocycles. The molecule has 3 rings (SSSR count). The molecule has 0 radical (unpaired) electrons. The van der Waals surface area contributed by atoms with E-state index >= 15 is 0 Å². The Morgan fingerprint density at radius 1 is 1.25 bits per heavy atom. The lowest BCUT2D eigenvalue weighted by atomic mass is 10.2. The summed E-state index contributed by atoms with van der Waals surface area (Å²) in [5, 5.41) is 13.8. The maximum atomic E-state index is 13.0. The first-order valence-electron chi connectivity index (χ1n) is 8.92. The molecule has 0 aliphatic carbocycles. The minimum atomic E-state index is -0.549. The van der Waals surface area contributed by atoms with Gasteiger partial charge in [-0.2, -0.15) is 0 Å². The molecule has 148 valence electrons. The van der Waals surface area contributed by atoms with E-state index in [-0.39, 0.29) is 29.6 Å². The van der Waals surface area contributed by atoms with E-state index in [0.717, 1.165) is 36.8 Å². The number of carbonyl (C=O) groups is 1. The molecule has 0 saturated carbocycles. The summed E-state index contributed by atoms with van der Waals surface area (Å²) in [5.74, 6) is -0.192. The van der Waals surface area contributed by atoms with Crippen molar-refractivity contribution < 1.29 is 23.7 Å². The van der Waals surface area contributed by atoms with Gasteiger partial charge in [-0.15, -0.1) is 0 Å². The van der Waals surface area contributed by atoms with Crippen molar-refractivity contribution in [2.75, 3.05) is 50.1 Å². The summed E-state index contributed by atoms with van der Waals surface area (Å²) in [6, 6.07) is 10.7. The Morgan fingerprint density at radius 2 is 1.93 bits per heavy atom. The number of ether oxygens (including phenoxy) is 1. The maximum Gasteiger partial charge on any atom is 0.296 e. The van der Waals surface area contributed by atoms with Gasteiger partial charge < -0.3 is 19.9 Å². The Hall–Kier alpha value is -3.20. The van der Waals surface area contributed by atoms with Gasteiger partial charge in [0.15, 0.2) is 6.54 Å². The number of halogens is 1. The number of nitrogens with one attached hydrogen (secondary N) is 2. The van der Waals surface area contributed by atoms with Crippen LogP contribution in [-0.4, -0.2) is 50.7 Å². The number of nitro benzene ring substituents is 1. The van der Waals surface area contributed by atoms with E-state index in [1.54, 1.807) is 18.2 Å². The zero-order chi connectivity index (χ0) is 20.1. The molecule has 28 heavy (non-hydrogen) atoms. The maximum absolute atomic E-state index is 13.0. The Bertz CT molecular complexity index is 852. The van der Waals surface area contributed by atoms with Gasteiger partial charge in [-0.25, -0.2) is 4.39 Å². The highest BCUT2D eigenvalue weighted by molar-refractivity contribution is 5.93. The third kappa shape index (κ3) is 4.74. The zero-order valence-corrected chi connectivity index (χ0v) is 15.5. The average molecular weight is 389 g/mol. The normalized spacial score (nSPS) is 14.6. The molecule has 1 saturated heterocycles. The molecule has 2 aromatic rings. The number of quaternary nitrogens is 1. The van der Waals surface area contributed by atoms with Gasteiger partial charge in [0.1, 0.15) is 17.3 Å². The minimum absolute atomic E-state index is 0.153. The molecule has 1 aliphatic rings. The number of hydrogen-bond acceptors (Lipinski definition) is 5. The molecule has 8 nitrogen and oxygen atoms in total. The highest BCUT2D eigenvalue weighted by Gasteiger charge is 2.24. The average Bonchev–Trinajstić information content (AvgIpc) is 2.69. The highest BCUT2D eigenvalue weighted by Crippen LogP contribution is 2.28. The van der Waals surface area contributed by atoms with Crippen LogP contribution in [0.5, 0.6) is 5.75 Å². The number of benzene rings is 2. The molecule has 1 heterocycles. The number of carbonyl (C=O) groups excluding carboxylic acids is 1. The first kappa shape index (κ1) is 19.6. The molecule has 1 aliphatic heterocycles. The standard InChI is InChI=1S/C19H21FN4O4/c1-28-16-6-7-17(18(12-16)24(26)27)21-19(25)13-22-8-10-23(11-9-22)15-4-2-14(20)3-5-15/h2-7,12H,8-11,13H2,1H3,(H,21,25)/p+1. The lowest BCUT2D eigenvalue weighted by Crippen LogP contribution is -3.15. The van der Waals surface area contributed by atoms with E-state index in [2.05, 4.69) is 10.2 Å². The van der Waals surface area contributed by atoms with Crippen LogP contribution >= 0.6 is 0 Å². The fourth-order valence-electron chi connectivity index (χ4n) is 3.23. The van der Waals surface area contributed by atoms with Crippen LogP contribution in [-0.2, 0) is 4.79 Å². The van der Waals surface area contributed by atoms with Crippen molar-refractivity contribution in [2.45, 2.75) is 0 Å². The number of hydrogen-bond donors (Lipinski definition) is 2. The lowest BCUT2D eigenvalue weighted by molar-refractivity contribution is -0.892. The van der Waals surface area contributed by atoms with Crippen molar-refractivity contribution in [3.63, 3.8) is 0 Å². The van der Waals surface area contributed by atoms with E-state index < -0.39 is 4.92 Å². The van der Waals surface area contributed by atoms with Crippen molar-refractivity contribution in [3.05, 3.63) is 58.4 Å². The first-order valence-corrected chi connectivity index (χ1v) is 8.92. The summed E-state index contributed by atoms with van der Waals surface area (Å²) < 4.78 is 18.0. The molecule has 0 atom stereocenters. The second kappa shape index (κ2) is 8.66. The van der Waals surface area contributed by atoms with Gasteiger partial charge in [0.25, 0.3) is 11.6 Å². The molecule has 0 spiro atoms. The lowest BCUT2D eigenvalue weighted by Gasteiger charge is -2.33. The van der Waals surface area contributed by atoms with Crippen LogP contribution in [0.4, 0.5) is 21.5 Å². The number of amides is 1. The van der Waals surface area contributed by atoms with Crippen LogP contribution in [0.2, 0.25) is 0 Å². The van der Waals surface area contributed by atoms with Crippen LogP contribution in [0.25, 0.3) is 0 Å². The van der Waals surface area contributed by atoms with Crippen molar-refractivity contribution >= 4 is 23.0 Å². The predicted molar refractivity (Wildman–Crippen MR) is 102 cm³/mol. The topological polar surface area (TPSA) is 89.2 Å². The molecule has 0 unspecified atom stereocenters. The number of methoxy groups -OCH3 is 1. The van der Waals surface area contributed by atoms with Gasteiger partial charge >= 0.3 is 0 Å². The van der Waals surface area contributed by atoms with Gasteiger partial charge in [-0.3, -0.25) is 14.9 Å². The molecule has 2 N–H and O–H groups in total. The predicted octanol–water partition coefficient (Wildman–Crippen LogP) is 1.09. The summed E-state index contributed by atoms with van der Waals surface area (Å²) >= 11 is 0. The second-order valence-electron chi connectivity index (χ2n) is 6.58. The molecule has 1 amide bonds. The van der Waals surface area contributed by atoms with Crippen LogP contribution in [0, 0.1) is 15.9 Å². The highest BCUT2D eigenvalue weighted by atomic mass is 19.1. The van der Waals surface area contributed by atoms with Gasteiger partial charge in [0, 0.05) is 5.69 Å². The second-order valence-corrected chi connectivity index (χ2v) is 6.58. The summed E-state index contributed by atoms with van der Waals surface area (Å²) in [5.41, 5.74) is 0.905. The van der Waals surface area contributed by atoms with E-state index in [1.165, 1.54) is 31.4 Å². The van der Waals surface area contributed by atoms with Crippen molar-refractivity contribution in [3.8, 4) is 5.75 Å². The number of piperazine rings is 1. The van der Waals surface area contributed by atoms with Crippen molar-refractivity contribution in [2.24, 2.45) is 0 Å². The summed E-state index contributed by atoms with van der Waals surface area (Å²) in [7, 11) is 1.42. The largest absolute Gasteiger partial charge is 0.496 e. The fourth-order valence-corrected chi connectivity index (χ4v) is 3.23. The smallest absolute Gasteiger partial charge is 0.296 e. The third-order valence-corrected chi connectivity index (χ3v) is 4.75. The summed E-state index contributed by atoms with van der Waals surface area (Å²) in [4.78, 5) is 26.3. The van der Waals surface area contributed by atoms with Crippen LogP contribution in [0.3, 0.4) is 0 Å². The quantitative estimate of drug-likeness (QED) is 0.570. The van der Waals surface area contributed by atoms with E-state index in [9.17, 15) is 19.3 Å². The van der Waals surface area contributed by atoms with E-state index in [0.29, 0.717) is 5.75 Å². The Morgan fingerprint density at radius 3 is 2.54 bits per heavy atom. The Labute approximate surface area is 161 Å². The van der Waals surface area contributed by atoms with Gasteiger partial charge in [0.2, 0.25) is 0 Å². The van der Waals surface area contributed by atoms with Crippen molar-refractivity contribution in [1.29, 1.82) is 0 Å². The Kier molecular flexibility index (Phi) is 6.05. The van der Waals surface area contributed by atoms with E-state index in [4.69, 9.17) is 4.74 Å². The molecule has 1 fully saturated rings. The summed E-state index contributed by atoms with van der Waals surface area (Å²) in [6.45, 7) is 3.21. The number of rotatable bonds is 6. The Balaban J connectivity index is 1.55. The zero-order valence-electron chi connectivity index (χ0n) is 15.5.